The third-order valence-corrected chi connectivity index (χ3v) is 10.0. The summed E-state index contributed by atoms with van der Waals surface area (Å²) in [7, 11) is -2.49. The summed E-state index contributed by atoms with van der Waals surface area (Å²) >= 11 is 3.26. The van der Waals surface area contributed by atoms with Gasteiger partial charge in [-0.15, -0.1) is 0 Å². The van der Waals surface area contributed by atoms with Crippen molar-refractivity contribution in [3.8, 4) is 0 Å². The molecular weight excluding hydrogens is 416 g/mol. The van der Waals surface area contributed by atoms with Crippen LogP contribution < -0.4 is 10.4 Å². The highest BCUT2D eigenvalue weighted by Crippen LogP contribution is 2.36. The van der Waals surface area contributed by atoms with Gasteiger partial charge >= 0.3 is 0 Å². The Morgan fingerprint density at radius 1 is 1.00 bits per heavy atom. The lowest BCUT2D eigenvalue weighted by atomic mass is 10.2. The van der Waals surface area contributed by atoms with Gasteiger partial charge in [-0.2, -0.15) is 0 Å². The molecule has 27 heavy (non-hydrogen) atoms. The van der Waals surface area contributed by atoms with Crippen molar-refractivity contribution in [1.82, 2.24) is 0 Å². The Morgan fingerprint density at radius 3 is 1.89 bits per heavy atom. The summed E-state index contributed by atoms with van der Waals surface area (Å²) in [5.41, 5.74) is 0. The third kappa shape index (κ3) is 5.50. The molecule has 4 heteroatoms. The monoisotopic (exact) mass is 444 g/mol. The predicted octanol–water partition coefficient (Wildman–Crippen LogP) is 5.21. The van der Waals surface area contributed by atoms with Crippen LogP contribution in [0.15, 0.2) is 71.7 Å². The van der Waals surface area contributed by atoms with Crippen molar-refractivity contribution in [1.29, 1.82) is 0 Å². The fraction of sp³-hybridized carbons (Fsp3) is 0.348. The predicted molar refractivity (Wildman–Crippen MR) is 120 cm³/mol. The second-order valence-electron chi connectivity index (χ2n) is 7.85. The van der Waals surface area contributed by atoms with E-state index in [1.807, 2.05) is 12.1 Å². The van der Waals surface area contributed by atoms with E-state index in [9.17, 15) is 4.79 Å². The molecule has 0 amide bonds. The standard InChI is InChI=1S/C23H29BrO2Si/c1-19(24)18-20(25)12-11-17-26-27(23(2,3)4,21-13-7-5-8-14-21)22-15-9-6-10-16-22/h5-10,13-16H,1,11-12,17-18H2,2-4H3. The Bertz CT molecular complexity index is 711. The first-order chi connectivity index (χ1) is 12.8. The zero-order chi connectivity index (χ0) is 19.9. The van der Waals surface area contributed by atoms with Crippen LogP contribution in [0, 0.1) is 0 Å². The van der Waals surface area contributed by atoms with Crippen LogP contribution in [0.3, 0.4) is 0 Å². The fourth-order valence-electron chi connectivity index (χ4n) is 3.56. The minimum atomic E-state index is -2.49. The van der Waals surface area contributed by atoms with E-state index in [2.05, 4.69) is 91.8 Å². The third-order valence-electron chi connectivity index (χ3n) is 4.72. The molecule has 0 heterocycles. The minimum Gasteiger partial charge on any atom is -0.407 e. The molecule has 0 saturated carbocycles. The van der Waals surface area contributed by atoms with Crippen LogP contribution in [-0.4, -0.2) is 20.7 Å². The summed E-state index contributed by atoms with van der Waals surface area (Å²) in [6, 6.07) is 21.2. The van der Waals surface area contributed by atoms with Gasteiger partial charge in [0.25, 0.3) is 8.32 Å². The van der Waals surface area contributed by atoms with Crippen molar-refractivity contribution < 1.29 is 9.22 Å². The van der Waals surface area contributed by atoms with Gasteiger partial charge < -0.3 is 4.43 Å². The van der Waals surface area contributed by atoms with Gasteiger partial charge in [0.2, 0.25) is 0 Å². The quantitative estimate of drug-likeness (QED) is 0.391. The molecule has 0 aliphatic rings. The maximum absolute atomic E-state index is 12.0. The molecule has 0 aliphatic heterocycles. The smallest absolute Gasteiger partial charge is 0.261 e. The van der Waals surface area contributed by atoms with Crippen LogP contribution in [0.5, 0.6) is 0 Å². The van der Waals surface area contributed by atoms with Crippen molar-refractivity contribution in [2.75, 3.05) is 6.61 Å². The molecule has 144 valence electrons. The van der Waals surface area contributed by atoms with Gasteiger partial charge in [0, 0.05) is 19.4 Å². The largest absolute Gasteiger partial charge is 0.407 e. The minimum absolute atomic E-state index is 0.0378. The number of benzene rings is 2. The van der Waals surface area contributed by atoms with Gasteiger partial charge in [0.15, 0.2) is 0 Å². The number of hydrogen-bond acceptors (Lipinski definition) is 2. The van der Waals surface area contributed by atoms with E-state index >= 15 is 0 Å². The highest BCUT2D eigenvalue weighted by molar-refractivity contribution is 9.11. The van der Waals surface area contributed by atoms with Crippen LogP contribution in [0.4, 0.5) is 0 Å². The van der Waals surface area contributed by atoms with Crippen molar-refractivity contribution in [3.63, 3.8) is 0 Å². The maximum atomic E-state index is 12.0. The zero-order valence-electron chi connectivity index (χ0n) is 16.5. The molecule has 0 radical (unpaired) electrons. The lowest BCUT2D eigenvalue weighted by Gasteiger charge is -2.43. The van der Waals surface area contributed by atoms with Gasteiger partial charge in [-0.3, -0.25) is 4.79 Å². The summed E-state index contributed by atoms with van der Waals surface area (Å²) in [5.74, 6) is 0.197. The van der Waals surface area contributed by atoms with E-state index in [-0.39, 0.29) is 10.8 Å². The molecule has 0 saturated heterocycles. The average Bonchev–Trinajstić information content (AvgIpc) is 2.61. The molecule has 0 aliphatic carbocycles. The van der Waals surface area contributed by atoms with Crippen molar-refractivity contribution in [2.24, 2.45) is 0 Å². The summed E-state index contributed by atoms with van der Waals surface area (Å²) < 4.78 is 7.51. The van der Waals surface area contributed by atoms with Crippen molar-refractivity contribution >= 4 is 40.4 Å². The van der Waals surface area contributed by atoms with E-state index in [1.54, 1.807) is 0 Å². The Balaban J connectivity index is 2.30. The van der Waals surface area contributed by atoms with Gasteiger partial charge in [-0.25, -0.2) is 0 Å². The van der Waals surface area contributed by atoms with Gasteiger partial charge in [-0.1, -0.05) is 104 Å². The summed E-state index contributed by atoms with van der Waals surface area (Å²) in [5, 5.41) is 2.50. The Labute approximate surface area is 172 Å². The molecule has 2 aromatic rings. The molecule has 2 rings (SSSR count). The second-order valence-corrected chi connectivity index (χ2v) is 13.3. The number of hydrogen-bond donors (Lipinski definition) is 0. The number of carbonyl (C=O) groups excluding carboxylic acids is 1. The number of halogens is 1. The summed E-state index contributed by atoms with van der Waals surface area (Å²) in [6.45, 7) is 11.1. The molecule has 2 aromatic carbocycles. The van der Waals surface area contributed by atoms with Crippen LogP contribution in [0.2, 0.25) is 5.04 Å². The van der Waals surface area contributed by atoms with E-state index < -0.39 is 8.32 Å². The number of Topliss-reactive ketones (excluding diaryl/α,β-unsaturated/α-hetero) is 1. The van der Waals surface area contributed by atoms with Crippen LogP contribution in [-0.2, 0) is 9.22 Å². The SMILES string of the molecule is C=C(Br)CC(=O)CCCO[Si](c1ccccc1)(c1ccccc1)C(C)(C)C. The molecular formula is C23H29BrO2Si. The Morgan fingerprint density at radius 2 is 1.48 bits per heavy atom. The maximum Gasteiger partial charge on any atom is 0.261 e. The van der Waals surface area contributed by atoms with E-state index in [1.165, 1.54) is 10.4 Å². The van der Waals surface area contributed by atoms with E-state index in [0.717, 1.165) is 10.9 Å². The molecule has 2 nitrogen and oxygen atoms in total. The normalized spacial score (nSPS) is 12.0. The number of ketones is 1. The highest BCUT2D eigenvalue weighted by atomic mass is 79.9. The highest BCUT2D eigenvalue weighted by Gasteiger charge is 2.49. The first-order valence-electron chi connectivity index (χ1n) is 9.37. The number of allylic oxidation sites excluding steroid dienone is 1. The fourth-order valence-corrected chi connectivity index (χ4v) is 8.48. The Hall–Kier alpha value is -1.49. The lowest BCUT2D eigenvalue weighted by molar-refractivity contribution is -0.118. The van der Waals surface area contributed by atoms with E-state index in [0.29, 0.717) is 19.4 Å². The van der Waals surface area contributed by atoms with Crippen LogP contribution in [0.25, 0.3) is 0 Å². The number of carbonyl (C=O) groups is 1. The lowest BCUT2D eigenvalue weighted by Crippen LogP contribution is -2.66. The zero-order valence-corrected chi connectivity index (χ0v) is 19.1. The van der Waals surface area contributed by atoms with Gasteiger partial charge in [0.1, 0.15) is 5.78 Å². The number of rotatable bonds is 9. The average molecular weight is 445 g/mol. The molecule has 0 atom stereocenters. The molecule has 0 bridgehead atoms. The Kier molecular flexibility index (Phi) is 7.77. The molecule has 0 aromatic heterocycles. The summed E-state index contributed by atoms with van der Waals surface area (Å²) in [4.78, 5) is 12.0. The van der Waals surface area contributed by atoms with Gasteiger partial charge in [-0.05, 0) is 26.3 Å². The second kappa shape index (κ2) is 9.63. The van der Waals surface area contributed by atoms with Crippen molar-refractivity contribution in [2.45, 2.75) is 45.1 Å². The first-order valence-corrected chi connectivity index (χ1v) is 12.1. The van der Waals surface area contributed by atoms with Crippen molar-refractivity contribution in [3.05, 3.63) is 71.7 Å². The van der Waals surface area contributed by atoms with Crippen LogP contribution in [0.1, 0.15) is 40.0 Å². The molecule has 0 fully saturated rings. The topological polar surface area (TPSA) is 26.3 Å². The molecule has 0 unspecified atom stereocenters. The van der Waals surface area contributed by atoms with Crippen LogP contribution >= 0.6 is 15.9 Å². The summed E-state index contributed by atoms with van der Waals surface area (Å²) in [6.07, 6.45) is 1.63. The van der Waals surface area contributed by atoms with Gasteiger partial charge in [0.05, 0.1) is 0 Å². The first kappa shape index (κ1) is 21.8. The van der Waals surface area contributed by atoms with E-state index in [4.69, 9.17) is 4.43 Å². The molecule has 0 spiro atoms. The molecule has 0 N–H and O–H groups in total.